The molecule has 2 N–H and O–H groups in total. The summed E-state index contributed by atoms with van der Waals surface area (Å²) in [4.78, 5) is 12.2. The summed E-state index contributed by atoms with van der Waals surface area (Å²) in [6, 6.07) is 10.6. The number of nitrogens with one attached hydrogen (secondary N) is 2. The maximum Gasteiger partial charge on any atom is 0.264 e. The zero-order valence-electron chi connectivity index (χ0n) is 15.9. The molecule has 0 aliphatic heterocycles. The molecular weight excluding hydrogens is 449 g/mol. The number of benzene rings is 2. The van der Waals surface area contributed by atoms with Crippen molar-refractivity contribution in [1.29, 1.82) is 0 Å². The highest BCUT2D eigenvalue weighted by molar-refractivity contribution is 7.92. The molecule has 2 aromatic carbocycles. The molecule has 0 amide bonds. The van der Waals surface area contributed by atoms with Gasteiger partial charge in [0.15, 0.2) is 5.78 Å². The van der Waals surface area contributed by atoms with Gasteiger partial charge in [-0.1, -0.05) is 28.4 Å². The molecule has 0 aliphatic rings. The first-order chi connectivity index (χ1) is 14.2. The fourth-order valence-electron chi connectivity index (χ4n) is 2.38. The van der Waals surface area contributed by atoms with E-state index in [1.807, 2.05) is 0 Å². The van der Waals surface area contributed by atoms with Crippen molar-refractivity contribution in [2.24, 2.45) is 0 Å². The van der Waals surface area contributed by atoms with E-state index in [9.17, 15) is 13.2 Å². The molecule has 30 heavy (non-hydrogen) atoms. The number of aromatic nitrogens is 1. The lowest BCUT2D eigenvalue weighted by molar-refractivity contribution is 0.104. The van der Waals surface area contributed by atoms with Crippen LogP contribution in [-0.2, 0) is 10.0 Å². The van der Waals surface area contributed by atoms with Crippen molar-refractivity contribution in [2.75, 3.05) is 10.0 Å². The number of aryl methyl sites for hydroxylation is 1. The van der Waals surface area contributed by atoms with Gasteiger partial charge in [-0.05, 0) is 56.3 Å². The Hall–Kier alpha value is -2.81. The maximum atomic E-state index is 12.5. The Morgan fingerprint density at radius 2 is 1.77 bits per heavy atom. The van der Waals surface area contributed by atoms with Gasteiger partial charge in [-0.15, -0.1) is 0 Å². The van der Waals surface area contributed by atoms with E-state index in [0.717, 1.165) is 0 Å². The molecule has 0 saturated carbocycles. The molecule has 0 fully saturated rings. The summed E-state index contributed by atoms with van der Waals surface area (Å²) in [6.07, 6.45) is 2.79. The van der Waals surface area contributed by atoms with E-state index in [4.69, 9.17) is 27.7 Å². The summed E-state index contributed by atoms with van der Waals surface area (Å²) >= 11 is 11.8. The summed E-state index contributed by atoms with van der Waals surface area (Å²) in [5, 5.41) is 7.30. The molecule has 3 aromatic rings. The Balaban J connectivity index is 1.65. The molecular formula is C20H17Cl2N3O4S. The monoisotopic (exact) mass is 465 g/mol. The zero-order valence-corrected chi connectivity index (χ0v) is 18.3. The van der Waals surface area contributed by atoms with Crippen LogP contribution in [0.15, 0.2) is 64.2 Å². The van der Waals surface area contributed by atoms with E-state index < -0.39 is 10.0 Å². The molecule has 0 saturated heterocycles. The SMILES string of the molecule is Cc1noc(NS(=O)(=O)c2ccc(NC=CC(=O)c3ccc(Cl)c(Cl)c3)cc2)c1C. The number of carbonyl (C=O) groups is 1. The first kappa shape index (κ1) is 21.9. The normalized spacial score (nSPS) is 11.6. The summed E-state index contributed by atoms with van der Waals surface area (Å²) in [6.45, 7) is 3.43. The van der Waals surface area contributed by atoms with Crippen LogP contribution in [0.5, 0.6) is 0 Å². The van der Waals surface area contributed by atoms with Crippen LogP contribution in [0.4, 0.5) is 11.6 Å². The van der Waals surface area contributed by atoms with Crippen LogP contribution in [-0.4, -0.2) is 19.4 Å². The van der Waals surface area contributed by atoms with Crippen molar-refractivity contribution < 1.29 is 17.7 Å². The molecule has 0 radical (unpaired) electrons. The van der Waals surface area contributed by atoms with Gasteiger partial charge in [-0.2, -0.15) is 0 Å². The summed E-state index contributed by atoms with van der Waals surface area (Å²) in [5.41, 5.74) is 2.22. The smallest absolute Gasteiger partial charge is 0.264 e. The van der Waals surface area contributed by atoms with Gasteiger partial charge < -0.3 is 9.84 Å². The lowest BCUT2D eigenvalue weighted by Gasteiger charge is -2.07. The van der Waals surface area contributed by atoms with Gasteiger partial charge in [0.1, 0.15) is 0 Å². The van der Waals surface area contributed by atoms with Crippen molar-refractivity contribution >= 4 is 50.6 Å². The minimum atomic E-state index is -3.82. The Bertz CT molecular complexity index is 1220. The Labute approximate surface area is 183 Å². The van der Waals surface area contributed by atoms with Gasteiger partial charge >= 0.3 is 0 Å². The number of anilines is 2. The Morgan fingerprint density at radius 3 is 2.37 bits per heavy atom. The van der Waals surface area contributed by atoms with Crippen molar-refractivity contribution in [2.45, 2.75) is 18.7 Å². The van der Waals surface area contributed by atoms with Crippen LogP contribution < -0.4 is 10.0 Å². The third-order valence-corrected chi connectivity index (χ3v) is 6.32. The van der Waals surface area contributed by atoms with E-state index in [-0.39, 0.29) is 16.6 Å². The third kappa shape index (κ3) is 5.02. The average molecular weight is 466 g/mol. The van der Waals surface area contributed by atoms with Crippen LogP contribution >= 0.6 is 23.2 Å². The predicted molar refractivity (Wildman–Crippen MR) is 117 cm³/mol. The lowest BCUT2D eigenvalue weighted by Crippen LogP contribution is -2.13. The third-order valence-electron chi connectivity index (χ3n) is 4.24. The van der Waals surface area contributed by atoms with Gasteiger partial charge in [0, 0.05) is 29.1 Å². The first-order valence-electron chi connectivity index (χ1n) is 8.65. The van der Waals surface area contributed by atoms with Crippen molar-refractivity contribution in [3.63, 3.8) is 0 Å². The second-order valence-electron chi connectivity index (χ2n) is 6.32. The Morgan fingerprint density at radius 1 is 1.07 bits per heavy atom. The molecule has 1 heterocycles. The molecule has 7 nitrogen and oxygen atoms in total. The minimum Gasteiger partial charge on any atom is -0.362 e. The number of hydrogen-bond donors (Lipinski definition) is 2. The average Bonchev–Trinajstić information content (AvgIpc) is 3.02. The van der Waals surface area contributed by atoms with Gasteiger partial charge in [0.25, 0.3) is 10.0 Å². The second kappa shape index (κ2) is 8.91. The fourth-order valence-corrected chi connectivity index (χ4v) is 3.73. The highest BCUT2D eigenvalue weighted by Gasteiger charge is 2.19. The van der Waals surface area contributed by atoms with Crippen LogP contribution in [0.3, 0.4) is 0 Å². The minimum absolute atomic E-state index is 0.0531. The van der Waals surface area contributed by atoms with E-state index in [1.165, 1.54) is 30.5 Å². The largest absolute Gasteiger partial charge is 0.362 e. The zero-order chi connectivity index (χ0) is 21.9. The molecule has 1 aromatic heterocycles. The summed E-state index contributed by atoms with van der Waals surface area (Å²) in [5.74, 6) is -0.180. The molecule has 10 heteroatoms. The topological polar surface area (TPSA) is 101 Å². The van der Waals surface area contributed by atoms with Gasteiger partial charge in [-0.3, -0.25) is 4.79 Å². The quantitative estimate of drug-likeness (QED) is 0.366. The lowest BCUT2D eigenvalue weighted by atomic mass is 10.1. The molecule has 0 aliphatic carbocycles. The number of sulfonamides is 1. The first-order valence-corrected chi connectivity index (χ1v) is 10.9. The van der Waals surface area contributed by atoms with Crippen LogP contribution in [0.1, 0.15) is 21.6 Å². The highest BCUT2D eigenvalue weighted by Crippen LogP contribution is 2.24. The molecule has 0 bridgehead atoms. The van der Waals surface area contributed by atoms with Crippen LogP contribution in [0.2, 0.25) is 10.0 Å². The number of rotatable bonds is 7. The van der Waals surface area contributed by atoms with E-state index in [1.54, 1.807) is 38.1 Å². The van der Waals surface area contributed by atoms with Crippen molar-refractivity contribution in [1.82, 2.24) is 5.16 Å². The summed E-state index contributed by atoms with van der Waals surface area (Å²) in [7, 11) is -3.82. The van der Waals surface area contributed by atoms with Gasteiger partial charge in [0.05, 0.1) is 20.6 Å². The summed E-state index contributed by atoms with van der Waals surface area (Å²) < 4.78 is 32.3. The fraction of sp³-hybridized carbons (Fsp3) is 0.100. The number of carbonyl (C=O) groups excluding carboxylic acids is 1. The van der Waals surface area contributed by atoms with Crippen molar-refractivity contribution in [3.8, 4) is 0 Å². The maximum absolute atomic E-state index is 12.5. The number of allylic oxidation sites excluding steroid dienone is 1. The van der Waals surface area contributed by atoms with Gasteiger partial charge in [-0.25, -0.2) is 13.1 Å². The van der Waals surface area contributed by atoms with Crippen LogP contribution in [0.25, 0.3) is 0 Å². The van der Waals surface area contributed by atoms with E-state index in [2.05, 4.69) is 15.2 Å². The molecule has 0 unspecified atom stereocenters. The number of nitrogens with zero attached hydrogens (tertiary/aromatic N) is 1. The highest BCUT2D eigenvalue weighted by atomic mass is 35.5. The van der Waals surface area contributed by atoms with E-state index >= 15 is 0 Å². The molecule has 0 atom stereocenters. The standard InChI is InChI=1S/C20H17Cl2N3O4S/c1-12-13(2)24-29-20(12)25-30(27,28)16-6-4-15(5-7-16)23-10-9-19(26)14-3-8-17(21)18(22)11-14/h3-11,23,25H,1-2H3. The molecule has 0 spiro atoms. The number of hydrogen-bond acceptors (Lipinski definition) is 6. The molecule has 3 rings (SSSR count). The molecule has 156 valence electrons. The van der Waals surface area contributed by atoms with Crippen molar-refractivity contribution in [3.05, 3.63) is 81.6 Å². The second-order valence-corrected chi connectivity index (χ2v) is 8.82. The predicted octanol–water partition coefficient (Wildman–Crippen LogP) is 5.21. The van der Waals surface area contributed by atoms with Crippen LogP contribution in [0, 0.1) is 13.8 Å². The van der Waals surface area contributed by atoms with E-state index in [0.29, 0.717) is 32.6 Å². The Kier molecular flexibility index (Phi) is 6.50. The van der Waals surface area contributed by atoms with Gasteiger partial charge in [0.2, 0.25) is 5.88 Å². The number of ketones is 1. The number of halogens is 2.